The summed E-state index contributed by atoms with van der Waals surface area (Å²) in [4.78, 5) is 19.3. The molecule has 1 aromatic heterocycles. The first-order chi connectivity index (χ1) is 9.72. The molecule has 0 bridgehead atoms. The van der Waals surface area contributed by atoms with Crippen molar-refractivity contribution < 1.29 is 4.79 Å². The number of nitrogens with zero attached hydrogens (tertiary/aromatic N) is 1. The van der Waals surface area contributed by atoms with Crippen LogP contribution in [0.2, 0.25) is 0 Å². The second kappa shape index (κ2) is 5.17. The summed E-state index contributed by atoms with van der Waals surface area (Å²) in [6, 6.07) is 13.6. The maximum atomic E-state index is 12.1. The van der Waals surface area contributed by atoms with Gasteiger partial charge >= 0.3 is 0 Å². The van der Waals surface area contributed by atoms with Gasteiger partial charge in [0.25, 0.3) is 5.91 Å². The smallest absolute Gasteiger partial charge is 0.251 e. The third kappa shape index (κ3) is 2.54. The van der Waals surface area contributed by atoms with Crippen molar-refractivity contribution in [2.45, 2.75) is 13.5 Å². The summed E-state index contributed by atoms with van der Waals surface area (Å²) in [5.74, 6) is -0.0867. The van der Waals surface area contributed by atoms with Crippen molar-refractivity contribution in [3.05, 3.63) is 65.5 Å². The van der Waals surface area contributed by atoms with E-state index < -0.39 is 0 Å². The summed E-state index contributed by atoms with van der Waals surface area (Å²) in [6.07, 6.45) is 1.62. The number of imidazole rings is 1. The van der Waals surface area contributed by atoms with Crippen LogP contribution < -0.4 is 5.32 Å². The first kappa shape index (κ1) is 12.4. The Morgan fingerprint density at radius 3 is 3.00 bits per heavy atom. The summed E-state index contributed by atoms with van der Waals surface area (Å²) in [7, 11) is 0. The molecule has 0 fully saturated rings. The monoisotopic (exact) mass is 265 g/mol. The van der Waals surface area contributed by atoms with Gasteiger partial charge in [-0.15, -0.1) is 0 Å². The molecule has 0 aliphatic rings. The van der Waals surface area contributed by atoms with Gasteiger partial charge in [0.15, 0.2) is 0 Å². The number of benzene rings is 2. The third-order valence-corrected chi connectivity index (χ3v) is 3.22. The zero-order valence-electron chi connectivity index (χ0n) is 11.2. The Kier molecular flexibility index (Phi) is 3.21. The van der Waals surface area contributed by atoms with E-state index in [4.69, 9.17) is 0 Å². The molecule has 20 heavy (non-hydrogen) atoms. The normalized spacial score (nSPS) is 10.7. The molecule has 0 spiro atoms. The van der Waals surface area contributed by atoms with Gasteiger partial charge in [-0.3, -0.25) is 4.79 Å². The highest BCUT2D eigenvalue weighted by Crippen LogP contribution is 2.12. The van der Waals surface area contributed by atoms with Gasteiger partial charge in [0.05, 0.1) is 17.4 Å². The predicted molar refractivity (Wildman–Crippen MR) is 78.4 cm³/mol. The van der Waals surface area contributed by atoms with Gasteiger partial charge in [0.2, 0.25) is 0 Å². The van der Waals surface area contributed by atoms with Gasteiger partial charge in [-0.25, -0.2) is 4.98 Å². The van der Waals surface area contributed by atoms with E-state index in [-0.39, 0.29) is 5.91 Å². The Hall–Kier alpha value is -2.62. The molecular weight excluding hydrogens is 250 g/mol. The van der Waals surface area contributed by atoms with Crippen molar-refractivity contribution in [3.63, 3.8) is 0 Å². The maximum Gasteiger partial charge on any atom is 0.251 e. The van der Waals surface area contributed by atoms with Crippen LogP contribution in [0.3, 0.4) is 0 Å². The lowest BCUT2D eigenvalue weighted by molar-refractivity contribution is 0.0951. The Balaban J connectivity index is 1.72. The van der Waals surface area contributed by atoms with Crippen molar-refractivity contribution in [1.82, 2.24) is 15.3 Å². The fourth-order valence-corrected chi connectivity index (χ4v) is 2.18. The third-order valence-electron chi connectivity index (χ3n) is 3.22. The molecule has 0 saturated heterocycles. The molecule has 3 aromatic rings. The van der Waals surface area contributed by atoms with Gasteiger partial charge in [0, 0.05) is 12.1 Å². The van der Waals surface area contributed by atoms with Crippen LogP contribution in [0.4, 0.5) is 0 Å². The van der Waals surface area contributed by atoms with Crippen LogP contribution in [0.1, 0.15) is 21.5 Å². The lowest BCUT2D eigenvalue weighted by Gasteiger charge is -2.06. The summed E-state index contributed by atoms with van der Waals surface area (Å²) in [5.41, 5.74) is 4.64. The fraction of sp³-hybridized carbons (Fsp3) is 0.125. The molecule has 0 saturated carbocycles. The van der Waals surface area contributed by atoms with E-state index in [1.165, 1.54) is 5.56 Å². The summed E-state index contributed by atoms with van der Waals surface area (Å²) < 4.78 is 0. The Morgan fingerprint density at radius 1 is 1.25 bits per heavy atom. The van der Waals surface area contributed by atoms with Crippen molar-refractivity contribution in [2.24, 2.45) is 0 Å². The van der Waals surface area contributed by atoms with Crippen molar-refractivity contribution in [1.29, 1.82) is 0 Å². The summed E-state index contributed by atoms with van der Waals surface area (Å²) in [5, 5.41) is 2.92. The largest absolute Gasteiger partial charge is 0.348 e. The maximum absolute atomic E-state index is 12.1. The number of rotatable bonds is 3. The number of hydrogen-bond acceptors (Lipinski definition) is 2. The molecule has 2 aromatic carbocycles. The molecule has 0 aliphatic heterocycles. The van der Waals surface area contributed by atoms with E-state index in [0.717, 1.165) is 16.6 Å². The molecule has 0 aliphatic carbocycles. The number of carbonyl (C=O) groups excluding carboxylic acids is 1. The molecule has 0 radical (unpaired) electrons. The first-order valence-corrected chi connectivity index (χ1v) is 6.49. The van der Waals surface area contributed by atoms with Crippen LogP contribution in [0.5, 0.6) is 0 Å². The Labute approximate surface area is 116 Å². The van der Waals surface area contributed by atoms with Gasteiger partial charge in [-0.05, 0) is 30.7 Å². The second-order valence-electron chi connectivity index (χ2n) is 4.81. The van der Waals surface area contributed by atoms with Crippen LogP contribution in [0, 0.1) is 6.92 Å². The molecule has 3 rings (SSSR count). The minimum atomic E-state index is -0.0867. The molecule has 1 amide bonds. The van der Waals surface area contributed by atoms with Gasteiger partial charge in [-0.1, -0.05) is 29.8 Å². The van der Waals surface area contributed by atoms with Crippen molar-refractivity contribution >= 4 is 16.9 Å². The van der Waals surface area contributed by atoms with Crippen molar-refractivity contribution in [2.75, 3.05) is 0 Å². The van der Waals surface area contributed by atoms with Gasteiger partial charge in [-0.2, -0.15) is 0 Å². The second-order valence-corrected chi connectivity index (χ2v) is 4.81. The zero-order chi connectivity index (χ0) is 13.9. The number of aromatic nitrogens is 2. The minimum absolute atomic E-state index is 0.0867. The van der Waals surface area contributed by atoms with E-state index in [2.05, 4.69) is 21.4 Å². The van der Waals surface area contributed by atoms with Crippen LogP contribution >= 0.6 is 0 Å². The molecule has 4 heteroatoms. The number of H-pyrrole nitrogens is 1. The van der Waals surface area contributed by atoms with Crippen LogP contribution in [-0.2, 0) is 6.54 Å². The van der Waals surface area contributed by atoms with Gasteiger partial charge in [0.1, 0.15) is 0 Å². The first-order valence-electron chi connectivity index (χ1n) is 6.49. The van der Waals surface area contributed by atoms with Crippen LogP contribution in [-0.4, -0.2) is 15.9 Å². The standard InChI is InChI=1S/C16H15N3O/c1-11-3-2-4-12(7-11)9-17-16(20)13-5-6-14-15(8-13)19-10-18-14/h2-8,10H,9H2,1H3,(H,17,20)(H,18,19). The van der Waals surface area contributed by atoms with E-state index in [0.29, 0.717) is 12.1 Å². The topological polar surface area (TPSA) is 57.8 Å². The van der Waals surface area contributed by atoms with E-state index in [9.17, 15) is 4.79 Å². The number of hydrogen-bond donors (Lipinski definition) is 2. The average Bonchev–Trinajstić information content (AvgIpc) is 2.92. The van der Waals surface area contributed by atoms with E-state index in [1.807, 2.05) is 31.2 Å². The molecule has 0 atom stereocenters. The van der Waals surface area contributed by atoms with E-state index >= 15 is 0 Å². The minimum Gasteiger partial charge on any atom is -0.348 e. The summed E-state index contributed by atoms with van der Waals surface area (Å²) >= 11 is 0. The molecule has 0 unspecified atom stereocenters. The molecule has 2 N–H and O–H groups in total. The van der Waals surface area contributed by atoms with Crippen LogP contribution in [0.25, 0.3) is 11.0 Å². The number of aromatic amines is 1. The number of aryl methyl sites for hydroxylation is 1. The zero-order valence-corrected chi connectivity index (χ0v) is 11.2. The molecular formula is C16H15N3O. The lowest BCUT2D eigenvalue weighted by Crippen LogP contribution is -2.22. The number of nitrogens with one attached hydrogen (secondary N) is 2. The number of amides is 1. The Morgan fingerprint density at radius 2 is 2.15 bits per heavy atom. The quantitative estimate of drug-likeness (QED) is 0.765. The highest BCUT2D eigenvalue weighted by molar-refractivity contribution is 5.97. The van der Waals surface area contributed by atoms with E-state index in [1.54, 1.807) is 18.5 Å². The molecule has 4 nitrogen and oxygen atoms in total. The summed E-state index contributed by atoms with van der Waals surface area (Å²) in [6.45, 7) is 2.57. The van der Waals surface area contributed by atoms with Crippen molar-refractivity contribution in [3.8, 4) is 0 Å². The number of fused-ring (bicyclic) bond motifs is 1. The highest BCUT2D eigenvalue weighted by atomic mass is 16.1. The number of carbonyl (C=O) groups is 1. The highest BCUT2D eigenvalue weighted by Gasteiger charge is 2.07. The fourth-order valence-electron chi connectivity index (χ4n) is 2.18. The molecule has 1 heterocycles. The predicted octanol–water partition coefficient (Wildman–Crippen LogP) is 2.80. The average molecular weight is 265 g/mol. The lowest BCUT2D eigenvalue weighted by atomic mass is 10.1. The Bertz CT molecular complexity index is 761. The molecule has 100 valence electrons. The SMILES string of the molecule is Cc1cccc(CNC(=O)c2ccc3[nH]cnc3c2)c1. The van der Waals surface area contributed by atoms with Crippen LogP contribution in [0.15, 0.2) is 48.8 Å². The van der Waals surface area contributed by atoms with Gasteiger partial charge < -0.3 is 10.3 Å².